The van der Waals surface area contributed by atoms with Gasteiger partial charge in [0.05, 0.1) is 17.6 Å². The molecule has 1 atom stereocenters. The Kier molecular flexibility index (Phi) is 8.22. The Hall–Kier alpha value is -2.64. The summed E-state index contributed by atoms with van der Waals surface area (Å²) in [5.74, 6) is 6.58. The number of alkyl halides is 1. The van der Waals surface area contributed by atoms with Crippen molar-refractivity contribution < 1.29 is 4.39 Å². The van der Waals surface area contributed by atoms with Gasteiger partial charge in [-0.3, -0.25) is 4.98 Å². The largest absolute Gasteiger partial charge is 0.320 e. The molecule has 4 heteroatoms. The lowest BCUT2D eigenvalue weighted by atomic mass is 9.92. The average molecular weight is 380 g/mol. The maximum atomic E-state index is 13.9. The Morgan fingerprint density at radius 3 is 2.61 bits per heavy atom. The van der Waals surface area contributed by atoms with E-state index < -0.39 is 6.17 Å². The van der Waals surface area contributed by atoms with Crippen LogP contribution in [0.3, 0.4) is 0 Å². The number of hydrazine groups is 1. The van der Waals surface area contributed by atoms with E-state index in [1.165, 1.54) is 0 Å². The number of pyridine rings is 1. The third-order valence-electron chi connectivity index (χ3n) is 4.51. The summed E-state index contributed by atoms with van der Waals surface area (Å²) < 4.78 is 13.9. The van der Waals surface area contributed by atoms with Gasteiger partial charge in [-0.25, -0.2) is 9.82 Å². The number of hydrogen-bond acceptors (Lipinski definition) is 3. The number of unbranched alkanes of at least 4 members (excludes halogenated alkanes) is 1. The fourth-order valence-corrected chi connectivity index (χ4v) is 2.80. The standard InChI is InChI=1S/C24H30FN3/c1-6-8-9-10-22(23-15-20(19(5)25)12-11-17(23)3)18(4)24-14-13-21(16-26-24)28-27-7-2/h11-16,19,27-28H,6-8H2,1-5H3/b22-18+. The molecule has 0 fully saturated rings. The van der Waals surface area contributed by atoms with Crippen LogP contribution in [0.15, 0.2) is 36.5 Å². The molecule has 3 nitrogen and oxygen atoms in total. The van der Waals surface area contributed by atoms with E-state index in [-0.39, 0.29) is 0 Å². The number of rotatable bonds is 7. The molecule has 0 amide bonds. The van der Waals surface area contributed by atoms with Gasteiger partial charge in [-0.2, -0.15) is 0 Å². The molecule has 0 saturated heterocycles. The predicted octanol–water partition coefficient (Wildman–Crippen LogP) is 6.09. The number of nitrogens with zero attached hydrogens (tertiary/aromatic N) is 1. The summed E-state index contributed by atoms with van der Waals surface area (Å²) in [6, 6.07) is 9.69. The van der Waals surface area contributed by atoms with Gasteiger partial charge in [0.1, 0.15) is 6.17 Å². The van der Waals surface area contributed by atoms with E-state index in [2.05, 4.69) is 34.6 Å². The zero-order chi connectivity index (χ0) is 20.5. The van der Waals surface area contributed by atoms with Crippen molar-refractivity contribution >= 4 is 16.8 Å². The van der Waals surface area contributed by atoms with Crippen LogP contribution in [-0.4, -0.2) is 11.5 Å². The topological polar surface area (TPSA) is 37.0 Å². The summed E-state index contributed by atoms with van der Waals surface area (Å²) in [5.41, 5.74) is 12.5. The van der Waals surface area contributed by atoms with Gasteiger partial charge >= 0.3 is 0 Å². The summed E-state index contributed by atoms with van der Waals surface area (Å²) in [6.07, 6.45) is 2.61. The summed E-state index contributed by atoms with van der Waals surface area (Å²) in [4.78, 5) is 4.59. The Bertz CT molecular complexity index is 871. The van der Waals surface area contributed by atoms with Crippen molar-refractivity contribution in [2.24, 2.45) is 0 Å². The number of anilines is 1. The summed E-state index contributed by atoms with van der Waals surface area (Å²) in [5, 5.41) is 0. The Balaban J connectivity index is 2.53. The molecular formula is C24H30FN3. The van der Waals surface area contributed by atoms with Crippen LogP contribution in [0.1, 0.15) is 69.1 Å². The van der Waals surface area contributed by atoms with Gasteiger partial charge in [0.25, 0.3) is 0 Å². The molecule has 1 aromatic heterocycles. The molecule has 1 unspecified atom stereocenters. The van der Waals surface area contributed by atoms with Crippen molar-refractivity contribution in [2.75, 3.05) is 12.0 Å². The fourth-order valence-electron chi connectivity index (χ4n) is 2.80. The second-order valence-electron chi connectivity index (χ2n) is 6.83. The van der Waals surface area contributed by atoms with Gasteiger partial charge < -0.3 is 5.43 Å². The number of nitrogens with one attached hydrogen (secondary N) is 2. The van der Waals surface area contributed by atoms with Crippen LogP contribution in [0.4, 0.5) is 10.1 Å². The van der Waals surface area contributed by atoms with Crippen molar-refractivity contribution in [3.8, 4) is 11.8 Å². The lowest BCUT2D eigenvalue weighted by Crippen LogP contribution is -2.20. The molecule has 1 aromatic carbocycles. The van der Waals surface area contributed by atoms with E-state index in [1.54, 1.807) is 13.1 Å². The average Bonchev–Trinajstić information content (AvgIpc) is 2.70. The van der Waals surface area contributed by atoms with Gasteiger partial charge in [-0.15, -0.1) is 0 Å². The van der Waals surface area contributed by atoms with Crippen LogP contribution in [0.25, 0.3) is 11.1 Å². The van der Waals surface area contributed by atoms with Crippen molar-refractivity contribution in [1.29, 1.82) is 0 Å². The molecule has 2 aromatic rings. The maximum Gasteiger partial charge on any atom is 0.122 e. The number of halogens is 1. The highest BCUT2D eigenvalue weighted by Gasteiger charge is 2.13. The first-order valence-corrected chi connectivity index (χ1v) is 9.87. The van der Waals surface area contributed by atoms with E-state index in [0.717, 1.165) is 53.0 Å². The molecule has 0 aliphatic rings. The molecular weight excluding hydrogens is 349 g/mol. The van der Waals surface area contributed by atoms with Crippen molar-refractivity contribution in [1.82, 2.24) is 10.4 Å². The second kappa shape index (κ2) is 10.6. The molecule has 2 rings (SSSR count). The summed E-state index contributed by atoms with van der Waals surface area (Å²) in [7, 11) is 0. The number of hydrogen-bond donors (Lipinski definition) is 2. The highest BCUT2D eigenvalue weighted by Crippen LogP contribution is 2.30. The summed E-state index contributed by atoms with van der Waals surface area (Å²) in [6.45, 7) is 10.6. The van der Waals surface area contributed by atoms with Crippen molar-refractivity contribution in [2.45, 2.75) is 53.6 Å². The molecule has 1 heterocycles. The van der Waals surface area contributed by atoms with Crippen LogP contribution in [0, 0.1) is 18.8 Å². The highest BCUT2D eigenvalue weighted by atomic mass is 19.1. The highest BCUT2D eigenvalue weighted by molar-refractivity contribution is 5.97. The van der Waals surface area contributed by atoms with Gasteiger partial charge in [-0.05, 0) is 67.7 Å². The minimum atomic E-state index is -1.01. The van der Waals surface area contributed by atoms with Crippen LogP contribution in [0.2, 0.25) is 0 Å². The van der Waals surface area contributed by atoms with E-state index in [0.29, 0.717) is 5.56 Å². The zero-order valence-corrected chi connectivity index (χ0v) is 17.5. The first-order chi connectivity index (χ1) is 13.5. The minimum Gasteiger partial charge on any atom is -0.320 e. The lowest BCUT2D eigenvalue weighted by Gasteiger charge is -2.13. The minimum absolute atomic E-state index is 0.668. The van der Waals surface area contributed by atoms with Crippen LogP contribution >= 0.6 is 0 Å². The predicted molar refractivity (Wildman–Crippen MR) is 117 cm³/mol. The van der Waals surface area contributed by atoms with Crippen molar-refractivity contribution in [3.63, 3.8) is 0 Å². The monoisotopic (exact) mass is 379 g/mol. The van der Waals surface area contributed by atoms with E-state index in [1.807, 2.05) is 51.1 Å². The van der Waals surface area contributed by atoms with Crippen LogP contribution in [0.5, 0.6) is 0 Å². The van der Waals surface area contributed by atoms with Gasteiger partial charge in [0, 0.05) is 18.5 Å². The van der Waals surface area contributed by atoms with Crippen LogP contribution < -0.4 is 10.9 Å². The lowest BCUT2D eigenvalue weighted by molar-refractivity contribution is 0.374. The fraction of sp³-hybridized carbons (Fsp3) is 0.375. The number of benzene rings is 1. The normalized spacial score (nSPS) is 12.6. The zero-order valence-electron chi connectivity index (χ0n) is 17.5. The van der Waals surface area contributed by atoms with Gasteiger partial charge in [-0.1, -0.05) is 37.8 Å². The Morgan fingerprint density at radius 1 is 1.21 bits per heavy atom. The first-order valence-electron chi connectivity index (χ1n) is 9.87. The van der Waals surface area contributed by atoms with Crippen molar-refractivity contribution in [3.05, 3.63) is 58.9 Å². The molecule has 0 saturated carbocycles. The number of aryl methyl sites for hydroxylation is 1. The molecule has 0 radical (unpaired) electrons. The molecule has 28 heavy (non-hydrogen) atoms. The molecule has 2 N–H and O–H groups in total. The number of aromatic nitrogens is 1. The first kappa shape index (κ1) is 21.7. The smallest absolute Gasteiger partial charge is 0.122 e. The quantitative estimate of drug-likeness (QED) is 0.451. The molecule has 0 spiro atoms. The molecule has 0 bridgehead atoms. The second-order valence-corrected chi connectivity index (χ2v) is 6.83. The third kappa shape index (κ3) is 5.68. The van der Waals surface area contributed by atoms with E-state index in [4.69, 9.17) is 0 Å². The SMILES string of the molecule is CCCC#C/C(=C(/C)c1ccc(NNCC)cn1)c1cc(C(C)F)ccc1C. The summed E-state index contributed by atoms with van der Waals surface area (Å²) >= 11 is 0. The van der Waals surface area contributed by atoms with E-state index in [9.17, 15) is 4.39 Å². The molecule has 0 aliphatic heterocycles. The van der Waals surface area contributed by atoms with E-state index >= 15 is 0 Å². The molecule has 0 aliphatic carbocycles. The number of allylic oxidation sites excluding steroid dienone is 2. The van der Waals surface area contributed by atoms with Crippen LogP contribution in [-0.2, 0) is 0 Å². The molecule has 148 valence electrons. The third-order valence-corrected chi connectivity index (χ3v) is 4.51. The maximum absolute atomic E-state index is 13.9. The van der Waals surface area contributed by atoms with Gasteiger partial charge in [0.15, 0.2) is 0 Å². The Labute approximate surface area is 168 Å². The Morgan fingerprint density at radius 2 is 2.00 bits per heavy atom. The van der Waals surface area contributed by atoms with Gasteiger partial charge in [0.2, 0.25) is 0 Å².